The minimum atomic E-state index is -0.0176. The molecule has 0 N–H and O–H groups in total. The summed E-state index contributed by atoms with van der Waals surface area (Å²) in [5.41, 5.74) is 1.67. The summed E-state index contributed by atoms with van der Waals surface area (Å²) in [4.78, 5) is 12.3. The molecular weight excluding hydrogens is 370 g/mol. The average molecular weight is 409 g/mol. The number of nitrogens with zero attached hydrogens (tertiary/aromatic N) is 1. The number of ketones is 1. The number of carbonyl (C=O) groups is 1. The predicted octanol–water partition coefficient (Wildman–Crippen LogP) is 6.80. The molecule has 2 rings (SSSR count). The summed E-state index contributed by atoms with van der Waals surface area (Å²) < 4.78 is 7.41. The van der Waals surface area contributed by atoms with E-state index in [9.17, 15) is 4.79 Å². The highest BCUT2D eigenvalue weighted by Crippen LogP contribution is 2.14. The van der Waals surface area contributed by atoms with Gasteiger partial charge in [0.2, 0.25) is 0 Å². The third kappa shape index (κ3) is 9.39. The maximum Gasteiger partial charge on any atom is 0.185 e. The number of allylic oxidation sites excluding steroid dienone is 1. The SMILES string of the molecule is CCCCCCCCCCCC[n+]1ccc(/C=C/C(=O)c2cccc(OC)c2)cc1. The second kappa shape index (κ2) is 14.5. The first-order valence-corrected chi connectivity index (χ1v) is 11.6. The van der Waals surface area contributed by atoms with E-state index in [1.54, 1.807) is 25.3 Å². The van der Waals surface area contributed by atoms with Crippen molar-refractivity contribution in [2.75, 3.05) is 7.11 Å². The van der Waals surface area contributed by atoms with Crippen LogP contribution in [-0.2, 0) is 6.54 Å². The minimum Gasteiger partial charge on any atom is -0.497 e. The minimum absolute atomic E-state index is 0.0176. The van der Waals surface area contributed by atoms with Crippen LogP contribution in [0.25, 0.3) is 6.08 Å². The van der Waals surface area contributed by atoms with Gasteiger partial charge in [-0.25, -0.2) is 4.57 Å². The molecule has 3 nitrogen and oxygen atoms in total. The number of unbranched alkanes of at least 4 members (excludes halogenated alkanes) is 9. The van der Waals surface area contributed by atoms with Gasteiger partial charge < -0.3 is 4.74 Å². The Kier molecular flexibility index (Phi) is 11.6. The van der Waals surface area contributed by atoms with E-state index in [1.807, 2.05) is 18.2 Å². The lowest BCUT2D eigenvalue weighted by Gasteiger charge is -2.02. The molecule has 3 heteroatoms. The number of ether oxygens (including phenoxy) is 1. The van der Waals surface area contributed by atoms with Crippen molar-refractivity contribution < 1.29 is 14.1 Å². The van der Waals surface area contributed by atoms with Crippen molar-refractivity contribution in [2.24, 2.45) is 0 Å². The molecule has 0 bridgehead atoms. The molecule has 0 saturated carbocycles. The van der Waals surface area contributed by atoms with Crippen molar-refractivity contribution in [3.8, 4) is 5.75 Å². The molecule has 1 aromatic carbocycles. The molecule has 30 heavy (non-hydrogen) atoms. The number of aromatic nitrogens is 1. The normalized spacial score (nSPS) is 11.1. The Morgan fingerprint density at radius 3 is 2.17 bits per heavy atom. The summed E-state index contributed by atoms with van der Waals surface area (Å²) >= 11 is 0. The van der Waals surface area contributed by atoms with E-state index in [0.29, 0.717) is 11.3 Å². The van der Waals surface area contributed by atoms with Crippen LogP contribution in [-0.4, -0.2) is 12.9 Å². The van der Waals surface area contributed by atoms with E-state index < -0.39 is 0 Å². The number of aryl methyl sites for hydroxylation is 1. The molecule has 0 aliphatic carbocycles. The topological polar surface area (TPSA) is 30.2 Å². The van der Waals surface area contributed by atoms with Crippen molar-refractivity contribution in [3.63, 3.8) is 0 Å². The van der Waals surface area contributed by atoms with Crippen LogP contribution < -0.4 is 9.30 Å². The number of methoxy groups -OCH3 is 1. The van der Waals surface area contributed by atoms with Crippen LogP contribution in [0.3, 0.4) is 0 Å². The summed E-state index contributed by atoms with van der Waals surface area (Å²) in [6, 6.07) is 11.4. The van der Waals surface area contributed by atoms with Crippen molar-refractivity contribution in [1.82, 2.24) is 0 Å². The molecular formula is C27H38NO2+. The van der Waals surface area contributed by atoms with Gasteiger partial charge in [0.1, 0.15) is 12.3 Å². The highest BCUT2D eigenvalue weighted by atomic mass is 16.5. The van der Waals surface area contributed by atoms with Crippen LogP contribution in [0.15, 0.2) is 54.9 Å². The van der Waals surface area contributed by atoms with Gasteiger partial charge in [-0.2, -0.15) is 0 Å². The maximum atomic E-state index is 12.3. The van der Waals surface area contributed by atoms with E-state index in [0.717, 1.165) is 12.1 Å². The van der Waals surface area contributed by atoms with E-state index in [2.05, 4.69) is 36.0 Å². The van der Waals surface area contributed by atoms with E-state index in [1.165, 1.54) is 64.2 Å². The van der Waals surface area contributed by atoms with Gasteiger partial charge >= 0.3 is 0 Å². The molecule has 0 amide bonds. The summed E-state index contributed by atoms with van der Waals surface area (Å²) in [7, 11) is 1.61. The summed E-state index contributed by atoms with van der Waals surface area (Å²) in [5.74, 6) is 0.679. The van der Waals surface area contributed by atoms with Gasteiger partial charge in [0.05, 0.1) is 7.11 Å². The van der Waals surface area contributed by atoms with Gasteiger partial charge in [-0.1, -0.05) is 76.5 Å². The second-order valence-corrected chi connectivity index (χ2v) is 7.98. The molecule has 0 radical (unpaired) electrons. The van der Waals surface area contributed by atoms with Gasteiger partial charge in [0, 0.05) is 24.1 Å². The quantitative estimate of drug-likeness (QED) is 0.140. The van der Waals surface area contributed by atoms with Gasteiger partial charge in [-0.15, -0.1) is 0 Å². The van der Waals surface area contributed by atoms with Crippen molar-refractivity contribution in [3.05, 3.63) is 66.0 Å². The predicted molar refractivity (Wildman–Crippen MR) is 125 cm³/mol. The first-order valence-electron chi connectivity index (χ1n) is 11.6. The first kappa shape index (κ1) is 23.9. The fraction of sp³-hybridized carbons (Fsp3) is 0.481. The van der Waals surface area contributed by atoms with Crippen molar-refractivity contribution in [2.45, 2.75) is 77.7 Å². The molecule has 1 aromatic heterocycles. The Hall–Kier alpha value is -2.42. The standard InChI is InChI=1S/C27H38NO2/c1-3-4-5-6-7-8-9-10-11-12-20-28-21-18-24(19-22-28)16-17-27(29)25-14-13-15-26(23-25)30-2/h13-19,21-23H,3-12,20H2,1-2H3/q+1/b17-16+. The lowest BCUT2D eigenvalue weighted by atomic mass is 10.1. The highest BCUT2D eigenvalue weighted by Gasteiger charge is 2.04. The fourth-order valence-electron chi connectivity index (χ4n) is 3.56. The highest BCUT2D eigenvalue weighted by molar-refractivity contribution is 6.07. The van der Waals surface area contributed by atoms with Crippen LogP contribution in [0.5, 0.6) is 5.75 Å². The van der Waals surface area contributed by atoms with Gasteiger partial charge in [0.15, 0.2) is 18.2 Å². The van der Waals surface area contributed by atoms with Gasteiger partial charge in [-0.3, -0.25) is 4.79 Å². The lowest BCUT2D eigenvalue weighted by Crippen LogP contribution is -2.32. The Bertz CT molecular complexity index is 765. The van der Waals surface area contributed by atoms with Crippen LogP contribution in [0, 0.1) is 0 Å². The van der Waals surface area contributed by atoms with Crippen LogP contribution in [0.2, 0.25) is 0 Å². The third-order valence-corrected chi connectivity index (χ3v) is 5.47. The molecule has 1 heterocycles. The van der Waals surface area contributed by atoms with Gasteiger partial charge in [0.25, 0.3) is 0 Å². The van der Waals surface area contributed by atoms with Crippen LogP contribution in [0.4, 0.5) is 0 Å². The third-order valence-electron chi connectivity index (χ3n) is 5.47. The first-order chi connectivity index (χ1) is 14.7. The molecule has 0 fully saturated rings. The molecule has 0 saturated heterocycles. The monoisotopic (exact) mass is 408 g/mol. The number of benzene rings is 1. The van der Waals surface area contributed by atoms with Crippen LogP contribution in [0.1, 0.15) is 87.1 Å². The zero-order chi connectivity index (χ0) is 21.4. The number of pyridine rings is 1. The van der Waals surface area contributed by atoms with Crippen molar-refractivity contribution in [1.29, 1.82) is 0 Å². The van der Waals surface area contributed by atoms with Crippen LogP contribution >= 0.6 is 0 Å². The molecule has 162 valence electrons. The smallest absolute Gasteiger partial charge is 0.185 e. The number of carbonyl (C=O) groups excluding carboxylic acids is 1. The fourth-order valence-corrected chi connectivity index (χ4v) is 3.56. The Labute approximate surface area is 182 Å². The summed E-state index contributed by atoms with van der Waals surface area (Å²) in [6.45, 7) is 3.33. The number of hydrogen-bond donors (Lipinski definition) is 0. The lowest BCUT2D eigenvalue weighted by molar-refractivity contribution is -0.697. The molecule has 0 spiro atoms. The molecule has 0 aliphatic heterocycles. The van der Waals surface area contributed by atoms with Gasteiger partial charge in [-0.05, 0) is 30.2 Å². The maximum absolute atomic E-state index is 12.3. The van der Waals surface area contributed by atoms with E-state index in [-0.39, 0.29) is 5.78 Å². The van der Waals surface area contributed by atoms with E-state index >= 15 is 0 Å². The zero-order valence-corrected chi connectivity index (χ0v) is 18.8. The summed E-state index contributed by atoms with van der Waals surface area (Å²) in [6.07, 6.45) is 21.3. The second-order valence-electron chi connectivity index (χ2n) is 7.98. The summed E-state index contributed by atoms with van der Waals surface area (Å²) in [5, 5.41) is 0. The molecule has 0 aliphatic rings. The Morgan fingerprint density at radius 1 is 0.900 bits per heavy atom. The number of rotatable bonds is 15. The number of hydrogen-bond acceptors (Lipinski definition) is 2. The Morgan fingerprint density at radius 2 is 1.53 bits per heavy atom. The zero-order valence-electron chi connectivity index (χ0n) is 18.8. The largest absolute Gasteiger partial charge is 0.497 e. The molecule has 0 atom stereocenters. The molecule has 2 aromatic rings. The van der Waals surface area contributed by atoms with Crippen molar-refractivity contribution >= 4 is 11.9 Å². The average Bonchev–Trinajstić information content (AvgIpc) is 2.79. The Balaban J connectivity index is 1.65. The molecule has 0 unspecified atom stereocenters. The van der Waals surface area contributed by atoms with E-state index in [4.69, 9.17) is 4.74 Å².